The number of nitrogens with zero attached hydrogens (tertiary/aromatic N) is 3. The minimum Gasteiger partial charge on any atom is -0.365 e. The molecule has 0 aliphatic heterocycles. The van der Waals surface area contributed by atoms with Crippen molar-refractivity contribution in [2.24, 2.45) is 0 Å². The van der Waals surface area contributed by atoms with Crippen LogP contribution in [0.2, 0.25) is 0 Å². The fourth-order valence-electron chi connectivity index (χ4n) is 1.62. The zero-order valence-corrected chi connectivity index (χ0v) is 11.3. The average Bonchev–Trinajstić information content (AvgIpc) is 2.84. The lowest BCUT2D eigenvalue weighted by atomic mass is 10.3. The third kappa shape index (κ3) is 2.95. The molecule has 6 heteroatoms. The Morgan fingerprint density at radius 1 is 1.44 bits per heavy atom. The first-order valence-corrected chi connectivity index (χ1v) is 6.81. The number of thiazole rings is 1. The predicted octanol–water partition coefficient (Wildman–Crippen LogP) is 1.94. The van der Waals surface area contributed by atoms with Crippen molar-refractivity contribution in [1.29, 1.82) is 0 Å². The molecule has 1 N–H and O–H groups in total. The van der Waals surface area contributed by atoms with Crippen molar-refractivity contribution >= 4 is 17.2 Å². The lowest BCUT2D eigenvalue weighted by molar-refractivity contribution is 0.575. The van der Waals surface area contributed by atoms with Gasteiger partial charge in [0.1, 0.15) is 0 Å². The van der Waals surface area contributed by atoms with Crippen LogP contribution >= 0.6 is 11.3 Å². The summed E-state index contributed by atoms with van der Waals surface area (Å²) in [7, 11) is 0. The van der Waals surface area contributed by atoms with Gasteiger partial charge < -0.3 is 9.88 Å². The zero-order chi connectivity index (χ0) is 13.0. The van der Waals surface area contributed by atoms with Gasteiger partial charge in [0.25, 0.3) is 5.56 Å². The summed E-state index contributed by atoms with van der Waals surface area (Å²) in [5.74, 6) is 0.404. The Labute approximate surface area is 110 Å². The second-order valence-corrected chi connectivity index (χ2v) is 4.96. The molecule has 2 aromatic rings. The molecule has 0 spiro atoms. The van der Waals surface area contributed by atoms with Gasteiger partial charge in [0, 0.05) is 36.8 Å². The van der Waals surface area contributed by atoms with Gasteiger partial charge in [-0.25, -0.2) is 9.97 Å². The van der Waals surface area contributed by atoms with Crippen LogP contribution in [-0.4, -0.2) is 21.1 Å². The number of anilines is 1. The van der Waals surface area contributed by atoms with Crippen LogP contribution in [0, 0.1) is 0 Å². The molecular weight excluding hydrogens is 248 g/mol. The Hall–Kier alpha value is -1.69. The largest absolute Gasteiger partial charge is 0.365 e. The van der Waals surface area contributed by atoms with Crippen molar-refractivity contribution in [1.82, 2.24) is 14.5 Å². The first-order chi connectivity index (χ1) is 8.68. The molecule has 0 bridgehead atoms. The minimum absolute atomic E-state index is 0.0780. The average molecular weight is 264 g/mol. The summed E-state index contributed by atoms with van der Waals surface area (Å²) >= 11 is 1.57. The van der Waals surface area contributed by atoms with E-state index in [-0.39, 0.29) is 11.6 Å². The molecule has 0 saturated carbocycles. The Morgan fingerprint density at radius 3 is 2.94 bits per heavy atom. The lowest BCUT2D eigenvalue weighted by Gasteiger charge is -2.11. The second-order valence-electron chi connectivity index (χ2n) is 4.24. The molecule has 0 aromatic carbocycles. The van der Waals surface area contributed by atoms with Crippen LogP contribution in [-0.2, 0) is 6.42 Å². The molecule has 96 valence electrons. The fourth-order valence-corrected chi connectivity index (χ4v) is 2.22. The maximum absolute atomic E-state index is 12.0. The maximum Gasteiger partial charge on any atom is 0.293 e. The van der Waals surface area contributed by atoms with Crippen molar-refractivity contribution in [2.75, 3.05) is 11.9 Å². The third-order valence-corrected chi connectivity index (χ3v) is 3.22. The Balaban J connectivity index is 2.01. The third-order valence-electron chi connectivity index (χ3n) is 2.58. The normalized spacial score (nSPS) is 10.8. The van der Waals surface area contributed by atoms with E-state index < -0.39 is 0 Å². The molecule has 0 fully saturated rings. The smallest absolute Gasteiger partial charge is 0.293 e. The summed E-state index contributed by atoms with van der Waals surface area (Å²) in [5, 5.41) is 5.07. The van der Waals surface area contributed by atoms with E-state index in [0.717, 1.165) is 12.1 Å². The van der Waals surface area contributed by atoms with E-state index in [1.165, 1.54) is 0 Å². The highest BCUT2D eigenvalue weighted by Gasteiger charge is 2.06. The van der Waals surface area contributed by atoms with Crippen molar-refractivity contribution in [3.63, 3.8) is 0 Å². The van der Waals surface area contributed by atoms with Crippen molar-refractivity contribution in [3.05, 3.63) is 39.3 Å². The molecule has 2 heterocycles. The van der Waals surface area contributed by atoms with E-state index in [4.69, 9.17) is 0 Å². The second kappa shape index (κ2) is 5.77. The molecule has 2 aromatic heterocycles. The van der Waals surface area contributed by atoms with Crippen molar-refractivity contribution in [2.45, 2.75) is 26.3 Å². The summed E-state index contributed by atoms with van der Waals surface area (Å²) in [5.41, 5.74) is 2.76. The summed E-state index contributed by atoms with van der Waals surface area (Å²) in [6.45, 7) is 4.61. The molecule has 2 rings (SSSR count). The van der Waals surface area contributed by atoms with Crippen LogP contribution in [0.5, 0.6) is 0 Å². The van der Waals surface area contributed by atoms with E-state index in [9.17, 15) is 4.79 Å². The number of rotatable bonds is 5. The highest BCUT2D eigenvalue weighted by Crippen LogP contribution is 2.03. The van der Waals surface area contributed by atoms with Crippen LogP contribution in [0.3, 0.4) is 0 Å². The van der Waals surface area contributed by atoms with Crippen LogP contribution in [0.4, 0.5) is 5.82 Å². The molecule has 0 saturated heterocycles. The quantitative estimate of drug-likeness (QED) is 0.896. The molecule has 0 unspecified atom stereocenters. The van der Waals surface area contributed by atoms with Gasteiger partial charge in [-0.05, 0) is 13.8 Å². The van der Waals surface area contributed by atoms with Gasteiger partial charge in [-0.15, -0.1) is 11.3 Å². The SMILES string of the molecule is CC(C)n1ccnc(NCCc2cscn2)c1=O. The molecule has 0 amide bonds. The Kier molecular flexibility index (Phi) is 4.09. The van der Waals surface area contributed by atoms with Crippen LogP contribution in [0.15, 0.2) is 28.1 Å². The van der Waals surface area contributed by atoms with Crippen molar-refractivity contribution < 1.29 is 0 Å². The highest BCUT2D eigenvalue weighted by atomic mass is 32.1. The first kappa shape index (κ1) is 12.8. The van der Waals surface area contributed by atoms with Gasteiger partial charge >= 0.3 is 0 Å². The zero-order valence-electron chi connectivity index (χ0n) is 10.5. The van der Waals surface area contributed by atoms with E-state index in [1.54, 1.807) is 28.3 Å². The topological polar surface area (TPSA) is 59.8 Å². The van der Waals surface area contributed by atoms with Gasteiger partial charge in [0.05, 0.1) is 11.2 Å². The van der Waals surface area contributed by atoms with E-state index in [1.807, 2.05) is 24.7 Å². The van der Waals surface area contributed by atoms with Crippen LogP contribution in [0.25, 0.3) is 0 Å². The van der Waals surface area contributed by atoms with E-state index >= 15 is 0 Å². The Morgan fingerprint density at radius 2 is 2.28 bits per heavy atom. The maximum atomic E-state index is 12.0. The molecule has 18 heavy (non-hydrogen) atoms. The minimum atomic E-state index is -0.0780. The first-order valence-electron chi connectivity index (χ1n) is 5.86. The number of aromatic nitrogens is 3. The predicted molar refractivity (Wildman–Crippen MR) is 73.2 cm³/mol. The summed E-state index contributed by atoms with van der Waals surface area (Å²) in [6, 6.07) is 0.139. The number of hydrogen-bond donors (Lipinski definition) is 1. The monoisotopic (exact) mass is 264 g/mol. The standard InChI is InChI=1S/C12H16N4OS/c1-9(2)16-6-5-14-11(12(16)17)13-4-3-10-7-18-8-15-10/h5-9H,3-4H2,1-2H3,(H,13,14). The van der Waals surface area contributed by atoms with Gasteiger partial charge in [0.15, 0.2) is 5.82 Å². The summed E-state index contributed by atoms with van der Waals surface area (Å²) in [6.07, 6.45) is 4.15. The summed E-state index contributed by atoms with van der Waals surface area (Å²) < 4.78 is 1.66. The van der Waals surface area contributed by atoms with Gasteiger partial charge in [-0.1, -0.05) is 0 Å². The number of nitrogens with one attached hydrogen (secondary N) is 1. The van der Waals surface area contributed by atoms with Gasteiger partial charge in [0.2, 0.25) is 0 Å². The van der Waals surface area contributed by atoms with Crippen LogP contribution < -0.4 is 10.9 Å². The number of hydrogen-bond acceptors (Lipinski definition) is 5. The van der Waals surface area contributed by atoms with Crippen molar-refractivity contribution in [3.8, 4) is 0 Å². The molecule has 0 atom stereocenters. The van der Waals surface area contributed by atoms with E-state index in [2.05, 4.69) is 15.3 Å². The Bertz CT molecular complexity index is 547. The molecule has 5 nitrogen and oxygen atoms in total. The molecule has 0 aliphatic carbocycles. The van der Waals surface area contributed by atoms with E-state index in [0.29, 0.717) is 12.4 Å². The van der Waals surface area contributed by atoms with Crippen LogP contribution in [0.1, 0.15) is 25.6 Å². The van der Waals surface area contributed by atoms with Gasteiger partial charge in [-0.3, -0.25) is 4.79 Å². The molecule has 0 aliphatic rings. The highest BCUT2D eigenvalue weighted by molar-refractivity contribution is 7.07. The molecular formula is C12H16N4OS. The fraction of sp³-hybridized carbons (Fsp3) is 0.417. The molecule has 0 radical (unpaired) electrons. The van der Waals surface area contributed by atoms with Gasteiger partial charge in [-0.2, -0.15) is 0 Å². The lowest BCUT2D eigenvalue weighted by Crippen LogP contribution is -2.26. The summed E-state index contributed by atoms with van der Waals surface area (Å²) in [4.78, 5) is 20.3.